The van der Waals surface area contributed by atoms with Crippen molar-refractivity contribution in [2.45, 2.75) is 57.3 Å². The summed E-state index contributed by atoms with van der Waals surface area (Å²) in [4.78, 5) is 41.1. The van der Waals surface area contributed by atoms with Gasteiger partial charge in [-0.2, -0.15) is 0 Å². The van der Waals surface area contributed by atoms with E-state index in [2.05, 4.69) is 5.32 Å². The number of ether oxygens (including phenoxy) is 2. The molecule has 2 amide bonds. The molecule has 0 unspecified atom stereocenters. The third-order valence-corrected chi connectivity index (χ3v) is 7.84. The van der Waals surface area contributed by atoms with E-state index in [1.54, 1.807) is 37.4 Å². The van der Waals surface area contributed by atoms with Crippen LogP contribution in [0.25, 0.3) is 0 Å². The van der Waals surface area contributed by atoms with Gasteiger partial charge in [0.25, 0.3) is 5.91 Å². The van der Waals surface area contributed by atoms with Crippen LogP contribution in [-0.2, 0) is 34.0 Å². The van der Waals surface area contributed by atoms with Crippen LogP contribution in [0, 0.1) is 5.92 Å². The second-order valence-corrected chi connectivity index (χ2v) is 10.4. The van der Waals surface area contributed by atoms with E-state index in [-0.39, 0.29) is 31.4 Å². The van der Waals surface area contributed by atoms with Crippen molar-refractivity contribution in [2.24, 2.45) is 5.92 Å². The van der Waals surface area contributed by atoms with Crippen LogP contribution in [0.1, 0.15) is 54.0 Å². The quantitative estimate of drug-likeness (QED) is 0.408. The highest BCUT2D eigenvalue weighted by Crippen LogP contribution is 2.39. The third kappa shape index (κ3) is 5.81. The van der Waals surface area contributed by atoms with Gasteiger partial charge in [0.1, 0.15) is 18.7 Å². The molecule has 0 spiro atoms. The van der Waals surface area contributed by atoms with E-state index >= 15 is 0 Å². The standard InChI is InChI=1S/C32H34N2O6/c1-39-27-17-16-24-19-34(26(32(37)38)18-25(24)29(27)40-20-21-10-4-2-5-11-21)31(36)28(22-12-6-3-7-13-22)33-30(35)23-14-8-9-15-23/h2-7,10-13,16-17,23,26,28H,8-9,14-15,18-20H2,1H3,(H,33,35)(H,37,38)/t26-,28+/m0/s1. The van der Waals surface area contributed by atoms with Crippen LogP contribution in [0.2, 0.25) is 0 Å². The molecule has 1 saturated carbocycles. The fourth-order valence-corrected chi connectivity index (χ4v) is 5.66. The topological polar surface area (TPSA) is 105 Å². The molecule has 2 aliphatic rings. The average molecular weight is 543 g/mol. The van der Waals surface area contributed by atoms with Crippen LogP contribution in [0.15, 0.2) is 72.8 Å². The van der Waals surface area contributed by atoms with Crippen LogP contribution in [0.4, 0.5) is 0 Å². The third-order valence-electron chi connectivity index (χ3n) is 7.84. The number of carboxylic acid groups (broad SMARTS) is 1. The maximum atomic E-state index is 14.1. The van der Waals surface area contributed by atoms with Crippen molar-refractivity contribution < 1.29 is 29.0 Å². The molecule has 0 radical (unpaired) electrons. The second kappa shape index (κ2) is 12.2. The lowest BCUT2D eigenvalue weighted by atomic mass is 9.91. The number of hydrogen-bond acceptors (Lipinski definition) is 5. The zero-order chi connectivity index (χ0) is 28.1. The number of carbonyl (C=O) groups is 3. The molecule has 8 nitrogen and oxygen atoms in total. The number of nitrogens with one attached hydrogen (secondary N) is 1. The zero-order valence-electron chi connectivity index (χ0n) is 22.5. The minimum absolute atomic E-state index is 0.0514. The molecule has 2 atom stereocenters. The molecule has 8 heteroatoms. The van der Waals surface area contributed by atoms with Crippen molar-refractivity contribution >= 4 is 17.8 Å². The van der Waals surface area contributed by atoms with E-state index in [0.29, 0.717) is 22.6 Å². The zero-order valence-corrected chi connectivity index (χ0v) is 22.5. The Labute approximate surface area is 233 Å². The summed E-state index contributed by atoms with van der Waals surface area (Å²) in [5, 5.41) is 13.2. The van der Waals surface area contributed by atoms with Crippen LogP contribution >= 0.6 is 0 Å². The molecule has 2 N–H and O–H groups in total. The number of hydrogen-bond donors (Lipinski definition) is 2. The van der Waals surface area contributed by atoms with Gasteiger partial charge in [-0.3, -0.25) is 9.59 Å². The minimum Gasteiger partial charge on any atom is -0.493 e. The van der Waals surface area contributed by atoms with Crippen molar-refractivity contribution in [1.82, 2.24) is 10.2 Å². The number of fused-ring (bicyclic) bond motifs is 1. The van der Waals surface area contributed by atoms with E-state index in [0.717, 1.165) is 36.8 Å². The SMILES string of the molecule is COc1ccc2c(c1OCc1ccccc1)C[C@@H](C(=O)O)N(C(=O)[C@H](NC(=O)C1CCCC1)c1ccccc1)C2. The fraction of sp³-hybridized carbons (Fsp3) is 0.344. The second-order valence-electron chi connectivity index (χ2n) is 10.4. The monoisotopic (exact) mass is 542 g/mol. The predicted molar refractivity (Wildman–Crippen MR) is 149 cm³/mol. The maximum absolute atomic E-state index is 14.1. The molecule has 0 bridgehead atoms. The van der Waals surface area contributed by atoms with E-state index < -0.39 is 24.0 Å². The number of aliphatic carboxylic acids is 1. The first-order valence-electron chi connectivity index (χ1n) is 13.7. The molecule has 0 saturated heterocycles. The predicted octanol–water partition coefficient (Wildman–Crippen LogP) is 4.66. The molecule has 1 aliphatic heterocycles. The van der Waals surface area contributed by atoms with Gasteiger partial charge in [-0.25, -0.2) is 4.79 Å². The van der Waals surface area contributed by atoms with Gasteiger partial charge in [-0.15, -0.1) is 0 Å². The smallest absolute Gasteiger partial charge is 0.326 e. The van der Waals surface area contributed by atoms with Crippen LogP contribution in [0.5, 0.6) is 11.5 Å². The number of benzene rings is 3. The molecule has 1 heterocycles. The van der Waals surface area contributed by atoms with Crippen molar-refractivity contribution in [3.63, 3.8) is 0 Å². The summed E-state index contributed by atoms with van der Waals surface area (Å²) in [5.74, 6) is -0.873. The van der Waals surface area contributed by atoms with Gasteiger partial charge in [-0.05, 0) is 35.6 Å². The molecule has 1 fully saturated rings. The summed E-state index contributed by atoms with van der Waals surface area (Å²) in [7, 11) is 1.54. The molecule has 3 aromatic carbocycles. The highest BCUT2D eigenvalue weighted by atomic mass is 16.5. The molecule has 0 aromatic heterocycles. The summed E-state index contributed by atoms with van der Waals surface area (Å²) in [5.41, 5.74) is 3.07. The first kappa shape index (κ1) is 27.2. The lowest BCUT2D eigenvalue weighted by Crippen LogP contribution is -2.53. The van der Waals surface area contributed by atoms with E-state index in [1.165, 1.54) is 4.90 Å². The Morgan fingerprint density at radius 2 is 1.65 bits per heavy atom. The first-order valence-corrected chi connectivity index (χ1v) is 13.7. The van der Waals surface area contributed by atoms with Gasteiger partial charge < -0.3 is 24.8 Å². The Kier molecular flexibility index (Phi) is 8.34. The molecule has 1 aliphatic carbocycles. The average Bonchev–Trinajstić information content (AvgIpc) is 3.54. The van der Waals surface area contributed by atoms with Gasteiger partial charge >= 0.3 is 5.97 Å². The van der Waals surface area contributed by atoms with Gasteiger partial charge in [0.15, 0.2) is 11.5 Å². The Morgan fingerprint density at radius 1 is 0.975 bits per heavy atom. The van der Waals surface area contributed by atoms with Crippen molar-refractivity contribution in [1.29, 1.82) is 0 Å². The molecule has 5 rings (SSSR count). The normalized spacial score (nSPS) is 17.5. The van der Waals surface area contributed by atoms with Gasteiger partial charge in [0.05, 0.1) is 7.11 Å². The highest BCUT2D eigenvalue weighted by Gasteiger charge is 2.40. The molecule has 40 heavy (non-hydrogen) atoms. The lowest BCUT2D eigenvalue weighted by Gasteiger charge is -2.37. The van der Waals surface area contributed by atoms with E-state index in [1.807, 2.05) is 42.5 Å². The van der Waals surface area contributed by atoms with Gasteiger partial charge in [-0.1, -0.05) is 79.6 Å². The highest BCUT2D eigenvalue weighted by molar-refractivity contribution is 5.92. The molecular formula is C32H34N2O6. The van der Waals surface area contributed by atoms with Crippen LogP contribution < -0.4 is 14.8 Å². The number of rotatable bonds is 9. The number of methoxy groups -OCH3 is 1. The van der Waals surface area contributed by atoms with Gasteiger partial charge in [0, 0.05) is 24.4 Å². The van der Waals surface area contributed by atoms with Gasteiger partial charge in [0.2, 0.25) is 5.91 Å². The van der Waals surface area contributed by atoms with Crippen molar-refractivity contribution in [2.75, 3.05) is 7.11 Å². The Bertz CT molecular complexity index is 1350. The summed E-state index contributed by atoms with van der Waals surface area (Å²) in [6.45, 7) is 0.358. The van der Waals surface area contributed by atoms with Crippen molar-refractivity contribution in [3.05, 3.63) is 95.1 Å². The first-order chi connectivity index (χ1) is 19.5. The maximum Gasteiger partial charge on any atom is 0.326 e. The molecule has 208 valence electrons. The molecule has 3 aromatic rings. The lowest BCUT2D eigenvalue weighted by molar-refractivity contribution is -0.153. The number of amides is 2. The Hall–Kier alpha value is -4.33. The van der Waals surface area contributed by atoms with Crippen LogP contribution in [-0.4, -0.2) is 40.9 Å². The Balaban J connectivity index is 1.46. The molecular weight excluding hydrogens is 508 g/mol. The number of carbonyl (C=O) groups excluding carboxylic acids is 2. The minimum atomic E-state index is -1.14. The van der Waals surface area contributed by atoms with E-state index in [4.69, 9.17) is 9.47 Å². The van der Waals surface area contributed by atoms with E-state index in [9.17, 15) is 19.5 Å². The summed E-state index contributed by atoms with van der Waals surface area (Å²) < 4.78 is 11.7. The fourth-order valence-electron chi connectivity index (χ4n) is 5.66. The number of carboxylic acids is 1. The number of nitrogens with zero attached hydrogens (tertiary/aromatic N) is 1. The van der Waals surface area contributed by atoms with Crippen LogP contribution in [0.3, 0.4) is 0 Å². The van der Waals surface area contributed by atoms with Crippen molar-refractivity contribution in [3.8, 4) is 11.5 Å². The summed E-state index contributed by atoms with van der Waals surface area (Å²) in [6, 6.07) is 20.2. The summed E-state index contributed by atoms with van der Waals surface area (Å²) in [6.07, 6.45) is 3.62. The Morgan fingerprint density at radius 3 is 2.30 bits per heavy atom. The summed E-state index contributed by atoms with van der Waals surface area (Å²) >= 11 is 0. The largest absolute Gasteiger partial charge is 0.493 e.